The van der Waals surface area contributed by atoms with Gasteiger partial charge in [0.05, 0.1) is 6.61 Å². The van der Waals surface area contributed by atoms with Crippen LogP contribution in [0.5, 0.6) is 0 Å². The molecule has 0 fully saturated rings. The summed E-state index contributed by atoms with van der Waals surface area (Å²) in [5.41, 5.74) is 0. The molecule has 0 aromatic carbocycles. The highest BCUT2D eigenvalue weighted by atomic mass is 31.0. The highest BCUT2D eigenvalue weighted by Crippen LogP contribution is 2.02. The minimum atomic E-state index is -0.332. The second kappa shape index (κ2) is 4.51. The van der Waals surface area contributed by atoms with E-state index in [9.17, 15) is 4.79 Å². The van der Waals surface area contributed by atoms with Crippen LogP contribution in [0, 0.1) is 0 Å². The lowest BCUT2D eigenvalue weighted by molar-refractivity contribution is -0.138. The number of ether oxygens (including phenoxy) is 1. The number of carbonyl (C=O) groups excluding carboxylic acids is 1. The van der Waals surface area contributed by atoms with Crippen molar-refractivity contribution in [3.63, 3.8) is 0 Å². The first-order chi connectivity index (χ1) is 4.18. The summed E-state index contributed by atoms with van der Waals surface area (Å²) in [6.45, 7) is 5.82. The Bertz CT molecular complexity index is 120. The van der Waals surface area contributed by atoms with Crippen LogP contribution in [-0.4, -0.2) is 12.6 Å². The van der Waals surface area contributed by atoms with Gasteiger partial charge in [0.1, 0.15) is 0 Å². The lowest BCUT2D eigenvalue weighted by Crippen LogP contribution is -2.03. The molecule has 0 N–H and O–H groups in total. The van der Waals surface area contributed by atoms with Crippen molar-refractivity contribution in [1.29, 1.82) is 0 Å². The first-order valence-electron chi connectivity index (χ1n) is 2.80. The number of hydrogen-bond acceptors (Lipinski definition) is 2. The highest BCUT2D eigenvalue weighted by molar-refractivity contribution is 7.24. The average molecular weight is 146 g/mol. The molecule has 0 aliphatic rings. The second-order valence-corrected chi connectivity index (χ2v) is 2.36. The lowest BCUT2D eigenvalue weighted by Gasteiger charge is -1.99. The summed E-state index contributed by atoms with van der Waals surface area (Å²) >= 11 is 0. The third-order valence-electron chi connectivity index (χ3n) is 0.699. The van der Waals surface area contributed by atoms with Gasteiger partial charge in [-0.05, 0) is 6.42 Å². The van der Waals surface area contributed by atoms with Crippen molar-refractivity contribution >= 4 is 15.2 Å². The molecular weight excluding hydrogens is 135 g/mol. The Labute approximate surface area is 57.5 Å². The van der Waals surface area contributed by atoms with Gasteiger partial charge in [-0.2, -0.15) is 0 Å². The van der Waals surface area contributed by atoms with Crippen LogP contribution in [0.3, 0.4) is 0 Å². The van der Waals surface area contributed by atoms with Gasteiger partial charge in [0, 0.05) is 5.31 Å². The third kappa shape index (κ3) is 4.16. The van der Waals surface area contributed by atoms with Gasteiger partial charge in [-0.15, -0.1) is 0 Å². The van der Waals surface area contributed by atoms with E-state index in [2.05, 4.69) is 15.8 Å². The van der Waals surface area contributed by atoms with Crippen LogP contribution in [0.15, 0.2) is 11.9 Å². The zero-order valence-corrected chi connectivity index (χ0v) is 6.67. The molecule has 1 atom stereocenters. The molecule has 1 unspecified atom stereocenters. The molecule has 3 heteroatoms. The van der Waals surface area contributed by atoms with Crippen molar-refractivity contribution in [2.75, 3.05) is 6.61 Å². The Morgan fingerprint density at radius 2 is 2.33 bits per heavy atom. The van der Waals surface area contributed by atoms with Crippen LogP contribution in [-0.2, 0) is 9.53 Å². The highest BCUT2D eigenvalue weighted by Gasteiger charge is 1.99. The summed E-state index contributed by atoms with van der Waals surface area (Å²) in [6.07, 6.45) is 0.851. The minimum Gasteiger partial charge on any atom is -0.462 e. The minimum absolute atomic E-state index is 0.332. The van der Waals surface area contributed by atoms with E-state index in [-0.39, 0.29) is 5.97 Å². The van der Waals surface area contributed by atoms with Crippen molar-refractivity contribution < 1.29 is 9.53 Å². The Kier molecular flexibility index (Phi) is 4.33. The average Bonchev–Trinajstić information content (AvgIpc) is 1.82. The van der Waals surface area contributed by atoms with Gasteiger partial charge in [-0.3, -0.25) is 0 Å². The van der Waals surface area contributed by atoms with Crippen LogP contribution in [0.25, 0.3) is 0 Å². The summed E-state index contributed by atoms with van der Waals surface area (Å²) in [5.74, 6) is -0.332. The van der Waals surface area contributed by atoms with E-state index in [0.29, 0.717) is 11.9 Å². The third-order valence-corrected chi connectivity index (χ3v) is 0.935. The number of rotatable bonds is 3. The fourth-order valence-corrected chi connectivity index (χ4v) is 0.371. The molecule has 9 heavy (non-hydrogen) atoms. The Morgan fingerprint density at radius 1 is 1.78 bits per heavy atom. The number of esters is 1. The maximum Gasteiger partial charge on any atom is 0.337 e. The molecule has 2 nitrogen and oxygen atoms in total. The fraction of sp³-hybridized carbons (Fsp3) is 0.500. The van der Waals surface area contributed by atoms with Gasteiger partial charge >= 0.3 is 5.97 Å². The van der Waals surface area contributed by atoms with E-state index in [4.69, 9.17) is 4.74 Å². The standard InChI is InChI=1S/C6H11O2P/c1-3-4-8-6(7)5(2)9/h2-4,9H2,1H3. The van der Waals surface area contributed by atoms with Crippen LogP contribution >= 0.6 is 9.24 Å². The number of hydrogen-bond donors (Lipinski definition) is 0. The van der Waals surface area contributed by atoms with E-state index >= 15 is 0 Å². The monoisotopic (exact) mass is 146 g/mol. The van der Waals surface area contributed by atoms with Gasteiger partial charge in [0.25, 0.3) is 0 Å². The Morgan fingerprint density at radius 3 is 2.67 bits per heavy atom. The normalized spacial score (nSPS) is 8.67. The first kappa shape index (κ1) is 8.64. The molecule has 0 rings (SSSR count). The quantitative estimate of drug-likeness (QED) is 0.341. The Hall–Kier alpha value is -0.360. The van der Waals surface area contributed by atoms with Crippen molar-refractivity contribution in [1.82, 2.24) is 0 Å². The van der Waals surface area contributed by atoms with Crippen LogP contribution in [0.4, 0.5) is 0 Å². The molecule has 0 heterocycles. The van der Waals surface area contributed by atoms with Crippen LogP contribution in [0.2, 0.25) is 0 Å². The van der Waals surface area contributed by atoms with E-state index < -0.39 is 0 Å². The molecule has 52 valence electrons. The molecule has 0 saturated heterocycles. The SMILES string of the molecule is C=C(P)C(=O)OCCC. The van der Waals surface area contributed by atoms with E-state index in [1.54, 1.807) is 0 Å². The largest absolute Gasteiger partial charge is 0.462 e. The fourth-order valence-electron chi connectivity index (χ4n) is 0.287. The molecule has 0 bridgehead atoms. The van der Waals surface area contributed by atoms with Gasteiger partial charge < -0.3 is 4.74 Å². The smallest absolute Gasteiger partial charge is 0.337 e. The van der Waals surface area contributed by atoms with Crippen LogP contribution < -0.4 is 0 Å². The molecule has 0 aromatic heterocycles. The predicted octanol–water partition coefficient (Wildman–Crippen LogP) is 1.33. The predicted molar refractivity (Wildman–Crippen MR) is 40.1 cm³/mol. The summed E-state index contributed by atoms with van der Waals surface area (Å²) < 4.78 is 4.69. The van der Waals surface area contributed by atoms with Crippen molar-refractivity contribution in [2.24, 2.45) is 0 Å². The maximum absolute atomic E-state index is 10.6. The first-order valence-corrected chi connectivity index (χ1v) is 3.37. The molecular formula is C6H11O2P. The van der Waals surface area contributed by atoms with Gasteiger partial charge in [0.15, 0.2) is 0 Å². The number of carbonyl (C=O) groups is 1. The summed E-state index contributed by atoms with van der Waals surface area (Å²) in [6, 6.07) is 0. The van der Waals surface area contributed by atoms with Crippen molar-refractivity contribution in [3.05, 3.63) is 11.9 Å². The van der Waals surface area contributed by atoms with Crippen molar-refractivity contribution in [2.45, 2.75) is 13.3 Å². The zero-order valence-electron chi connectivity index (χ0n) is 5.52. The van der Waals surface area contributed by atoms with Gasteiger partial charge in [-0.25, -0.2) is 4.79 Å². The molecule has 0 aromatic rings. The molecule has 0 radical (unpaired) electrons. The molecule has 0 amide bonds. The lowest BCUT2D eigenvalue weighted by atomic mass is 10.5. The molecule has 0 aliphatic heterocycles. The van der Waals surface area contributed by atoms with Gasteiger partial charge in [0.2, 0.25) is 0 Å². The molecule has 0 spiro atoms. The molecule has 0 aliphatic carbocycles. The van der Waals surface area contributed by atoms with E-state index in [1.165, 1.54) is 0 Å². The topological polar surface area (TPSA) is 26.3 Å². The van der Waals surface area contributed by atoms with Gasteiger partial charge in [-0.1, -0.05) is 22.7 Å². The summed E-state index contributed by atoms with van der Waals surface area (Å²) in [5, 5.41) is 0.378. The van der Waals surface area contributed by atoms with Crippen molar-refractivity contribution in [3.8, 4) is 0 Å². The summed E-state index contributed by atoms with van der Waals surface area (Å²) in [4.78, 5) is 10.6. The zero-order chi connectivity index (χ0) is 7.28. The van der Waals surface area contributed by atoms with Crippen LogP contribution in [0.1, 0.15) is 13.3 Å². The Balaban J connectivity index is 3.39. The van der Waals surface area contributed by atoms with E-state index in [1.807, 2.05) is 6.92 Å². The summed E-state index contributed by atoms with van der Waals surface area (Å²) in [7, 11) is 2.20. The van der Waals surface area contributed by atoms with E-state index in [0.717, 1.165) is 6.42 Å². The second-order valence-electron chi connectivity index (χ2n) is 1.66. The molecule has 0 saturated carbocycles. The maximum atomic E-state index is 10.6.